The van der Waals surface area contributed by atoms with Crippen LogP contribution < -0.4 is 0 Å². The summed E-state index contributed by atoms with van der Waals surface area (Å²) in [6.07, 6.45) is 2.37. The smallest absolute Gasteiger partial charge is 0.186 e. The maximum absolute atomic E-state index is 5.53. The number of rotatable bonds is 3. The van der Waals surface area contributed by atoms with Crippen molar-refractivity contribution in [2.75, 3.05) is 6.61 Å². The predicted octanol–water partition coefficient (Wildman–Crippen LogP) is 2.63. The van der Waals surface area contributed by atoms with Gasteiger partial charge in [-0.25, -0.2) is 4.99 Å². The van der Waals surface area contributed by atoms with Crippen molar-refractivity contribution in [3.05, 3.63) is 0 Å². The van der Waals surface area contributed by atoms with Crippen molar-refractivity contribution in [1.29, 1.82) is 0 Å². The average molecular weight is 169 g/mol. The van der Waals surface area contributed by atoms with Gasteiger partial charge in [0.2, 0.25) is 0 Å². The van der Waals surface area contributed by atoms with Gasteiger partial charge in [-0.15, -0.1) is 0 Å². The summed E-state index contributed by atoms with van der Waals surface area (Å²) in [5, 5.41) is 0. The Morgan fingerprint density at radius 3 is 2.67 bits per heavy atom. The molecule has 2 nitrogen and oxygen atoms in total. The highest BCUT2D eigenvalue weighted by atomic mass is 16.5. The first kappa shape index (κ1) is 9.56. The normalized spacial score (nSPS) is 23.2. The van der Waals surface area contributed by atoms with E-state index in [0.717, 1.165) is 12.5 Å². The Kier molecular flexibility index (Phi) is 2.76. The second-order valence-corrected chi connectivity index (χ2v) is 4.24. The fourth-order valence-electron chi connectivity index (χ4n) is 1.42. The second-order valence-electron chi connectivity index (χ2n) is 4.24. The van der Waals surface area contributed by atoms with Crippen LogP contribution in [0.3, 0.4) is 0 Å². The lowest BCUT2D eigenvalue weighted by atomic mass is 10.1. The Bertz CT molecular complexity index is 184. The van der Waals surface area contributed by atoms with Gasteiger partial charge in [-0.05, 0) is 20.3 Å². The van der Waals surface area contributed by atoms with E-state index in [-0.39, 0.29) is 5.54 Å². The monoisotopic (exact) mass is 169 g/mol. The third-order valence-corrected chi connectivity index (χ3v) is 2.13. The molecule has 12 heavy (non-hydrogen) atoms. The van der Waals surface area contributed by atoms with Crippen molar-refractivity contribution in [1.82, 2.24) is 0 Å². The number of nitrogens with zero attached hydrogens (tertiary/aromatic N) is 1. The Balaban J connectivity index is 2.54. The van der Waals surface area contributed by atoms with Crippen LogP contribution in [0.2, 0.25) is 0 Å². The van der Waals surface area contributed by atoms with Crippen LogP contribution in [-0.4, -0.2) is 18.0 Å². The van der Waals surface area contributed by atoms with Gasteiger partial charge in [0.25, 0.3) is 0 Å². The molecule has 0 saturated carbocycles. The van der Waals surface area contributed by atoms with E-state index in [1.54, 1.807) is 0 Å². The van der Waals surface area contributed by atoms with E-state index in [1.165, 1.54) is 12.8 Å². The van der Waals surface area contributed by atoms with Crippen molar-refractivity contribution in [3.8, 4) is 0 Å². The van der Waals surface area contributed by atoms with Gasteiger partial charge in [0, 0.05) is 5.92 Å². The molecule has 0 spiro atoms. The maximum atomic E-state index is 5.53. The average Bonchev–Trinajstić information content (AvgIpc) is 2.31. The van der Waals surface area contributed by atoms with E-state index in [9.17, 15) is 0 Å². The summed E-state index contributed by atoms with van der Waals surface area (Å²) in [6.45, 7) is 9.34. The lowest BCUT2D eigenvalue weighted by Crippen LogP contribution is -2.17. The quantitative estimate of drug-likeness (QED) is 0.636. The Hall–Kier alpha value is -0.530. The molecule has 0 fully saturated rings. The molecule has 0 aliphatic carbocycles. The van der Waals surface area contributed by atoms with E-state index >= 15 is 0 Å². The zero-order valence-electron chi connectivity index (χ0n) is 8.55. The van der Waals surface area contributed by atoms with E-state index in [4.69, 9.17) is 4.74 Å². The third-order valence-electron chi connectivity index (χ3n) is 2.13. The molecule has 0 saturated heterocycles. The first-order valence-corrected chi connectivity index (χ1v) is 4.77. The van der Waals surface area contributed by atoms with Crippen LogP contribution in [0.5, 0.6) is 0 Å². The van der Waals surface area contributed by atoms with Crippen LogP contribution in [0, 0.1) is 5.92 Å². The van der Waals surface area contributed by atoms with Gasteiger partial charge in [-0.2, -0.15) is 0 Å². The van der Waals surface area contributed by atoms with E-state index < -0.39 is 0 Å². The minimum absolute atomic E-state index is 0.0112. The van der Waals surface area contributed by atoms with Crippen molar-refractivity contribution >= 4 is 5.90 Å². The zero-order chi connectivity index (χ0) is 9.19. The molecule has 0 aromatic heterocycles. The summed E-state index contributed by atoms with van der Waals surface area (Å²) in [5.41, 5.74) is 0.0112. The first-order valence-electron chi connectivity index (χ1n) is 4.77. The molecule has 0 amide bonds. The standard InChI is InChI=1S/C10H19NO/c1-5-6-8(2)9-11-10(3,4)7-12-9/h8H,5-7H2,1-4H3. The third kappa shape index (κ3) is 2.23. The molecular weight excluding hydrogens is 150 g/mol. The van der Waals surface area contributed by atoms with Gasteiger partial charge in [0.15, 0.2) is 5.90 Å². The Labute approximate surface area is 75.0 Å². The summed E-state index contributed by atoms with van der Waals surface area (Å²) in [6, 6.07) is 0. The van der Waals surface area contributed by atoms with Gasteiger partial charge in [0.1, 0.15) is 6.61 Å². The molecule has 1 unspecified atom stereocenters. The Morgan fingerprint density at radius 1 is 1.58 bits per heavy atom. The number of hydrogen-bond acceptors (Lipinski definition) is 2. The number of aliphatic imine (C=N–C) groups is 1. The minimum Gasteiger partial charge on any atom is -0.478 e. The fraction of sp³-hybridized carbons (Fsp3) is 0.900. The molecule has 1 rings (SSSR count). The lowest BCUT2D eigenvalue weighted by Gasteiger charge is -2.08. The number of ether oxygens (including phenoxy) is 1. The van der Waals surface area contributed by atoms with Crippen molar-refractivity contribution in [3.63, 3.8) is 0 Å². The van der Waals surface area contributed by atoms with Gasteiger partial charge >= 0.3 is 0 Å². The molecule has 0 N–H and O–H groups in total. The SMILES string of the molecule is CCCC(C)C1=NC(C)(C)CO1. The molecular formula is C10H19NO. The lowest BCUT2D eigenvalue weighted by molar-refractivity contribution is 0.265. The Morgan fingerprint density at radius 2 is 2.25 bits per heavy atom. The van der Waals surface area contributed by atoms with Crippen molar-refractivity contribution in [2.45, 2.75) is 46.1 Å². The molecule has 0 bridgehead atoms. The molecule has 0 radical (unpaired) electrons. The summed E-state index contributed by atoms with van der Waals surface area (Å²) in [5.74, 6) is 1.46. The largest absolute Gasteiger partial charge is 0.478 e. The molecule has 1 aliphatic rings. The molecule has 1 atom stereocenters. The van der Waals surface area contributed by atoms with E-state index in [1.807, 2.05) is 0 Å². The molecule has 0 aromatic rings. The van der Waals surface area contributed by atoms with Crippen molar-refractivity contribution in [2.24, 2.45) is 10.9 Å². The maximum Gasteiger partial charge on any atom is 0.186 e. The summed E-state index contributed by atoms with van der Waals surface area (Å²) in [4.78, 5) is 4.53. The minimum atomic E-state index is 0.0112. The van der Waals surface area contributed by atoms with Crippen LogP contribution in [-0.2, 0) is 4.74 Å². The predicted molar refractivity (Wildman–Crippen MR) is 51.5 cm³/mol. The fourth-order valence-corrected chi connectivity index (χ4v) is 1.42. The molecule has 1 aliphatic heterocycles. The summed E-state index contributed by atoms with van der Waals surface area (Å²) in [7, 11) is 0. The van der Waals surface area contributed by atoms with Crippen molar-refractivity contribution < 1.29 is 4.74 Å². The highest BCUT2D eigenvalue weighted by molar-refractivity contribution is 5.80. The van der Waals surface area contributed by atoms with Crippen LogP contribution in [0.1, 0.15) is 40.5 Å². The first-order chi connectivity index (χ1) is 5.55. The van der Waals surface area contributed by atoms with Gasteiger partial charge in [-0.3, -0.25) is 0 Å². The summed E-state index contributed by atoms with van der Waals surface area (Å²) < 4.78 is 5.53. The van der Waals surface area contributed by atoms with E-state index in [0.29, 0.717) is 5.92 Å². The van der Waals surface area contributed by atoms with Gasteiger partial charge < -0.3 is 4.74 Å². The molecule has 70 valence electrons. The second kappa shape index (κ2) is 3.46. The van der Waals surface area contributed by atoms with E-state index in [2.05, 4.69) is 32.7 Å². The highest BCUT2D eigenvalue weighted by Gasteiger charge is 2.28. The highest BCUT2D eigenvalue weighted by Crippen LogP contribution is 2.22. The summed E-state index contributed by atoms with van der Waals surface area (Å²) >= 11 is 0. The molecule has 2 heteroatoms. The van der Waals surface area contributed by atoms with Crippen LogP contribution >= 0.6 is 0 Å². The molecule has 1 heterocycles. The zero-order valence-corrected chi connectivity index (χ0v) is 8.55. The van der Waals surface area contributed by atoms with Gasteiger partial charge in [0.05, 0.1) is 5.54 Å². The van der Waals surface area contributed by atoms with Crippen LogP contribution in [0.15, 0.2) is 4.99 Å². The van der Waals surface area contributed by atoms with Crippen LogP contribution in [0.4, 0.5) is 0 Å². The van der Waals surface area contributed by atoms with Gasteiger partial charge in [-0.1, -0.05) is 20.3 Å². The molecule has 0 aromatic carbocycles. The topological polar surface area (TPSA) is 21.6 Å². The number of hydrogen-bond donors (Lipinski definition) is 0. The van der Waals surface area contributed by atoms with Crippen LogP contribution in [0.25, 0.3) is 0 Å².